The van der Waals surface area contributed by atoms with Crippen molar-refractivity contribution in [1.29, 1.82) is 0 Å². The highest BCUT2D eigenvalue weighted by atomic mass is 32.2. The van der Waals surface area contributed by atoms with Gasteiger partial charge in [-0.3, -0.25) is 14.2 Å². The van der Waals surface area contributed by atoms with Crippen LogP contribution in [0, 0.1) is 20.8 Å². The molecule has 0 radical (unpaired) electrons. The Morgan fingerprint density at radius 1 is 1.12 bits per heavy atom. The average Bonchev–Trinajstić information content (AvgIpc) is 3.36. The number of rotatable bonds is 7. The molecule has 1 aromatic carbocycles. The van der Waals surface area contributed by atoms with E-state index < -0.39 is 0 Å². The van der Waals surface area contributed by atoms with Crippen LogP contribution in [0.2, 0.25) is 0 Å². The van der Waals surface area contributed by atoms with Crippen molar-refractivity contribution in [2.45, 2.75) is 51.7 Å². The first-order chi connectivity index (χ1) is 15.4. The van der Waals surface area contributed by atoms with Gasteiger partial charge in [0.2, 0.25) is 5.01 Å². The molecule has 1 amide bonds. The highest BCUT2D eigenvalue weighted by Crippen LogP contribution is 2.29. The summed E-state index contributed by atoms with van der Waals surface area (Å²) in [7, 11) is 0. The molecule has 0 aliphatic carbocycles. The van der Waals surface area contributed by atoms with Crippen molar-refractivity contribution >= 4 is 50.6 Å². The Kier molecular flexibility index (Phi) is 6.73. The first kappa shape index (κ1) is 22.6. The lowest BCUT2D eigenvalue weighted by Crippen LogP contribution is -2.22. The third-order valence-electron chi connectivity index (χ3n) is 5.13. The lowest BCUT2D eigenvalue weighted by atomic mass is 10.1. The van der Waals surface area contributed by atoms with E-state index >= 15 is 0 Å². The number of thiophene rings is 1. The number of nitrogens with one attached hydrogen (secondary N) is 1. The zero-order valence-electron chi connectivity index (χ0n) is 18.3. The number of aromatic nitrogens is 4. The fourth-order valence-corrected chi connectivity index (χ4v) is 6.07. The summed E-state index contributed by atoms with van der Waals surface area (Å²) >= 11 is 4.24. The van der Waals surface area contributed by atoms with Crippen LogP contribution in [0.3, 0.4) is 0 Å². The van der Waals surface area contributed by atoms with Gasteiger partial charge in [0, 0.05) is 18.0 Å². The zero-order valence-corrected chi connectivity index (χ0v) is 20.7. The van der Waals surface area contributed by atoms with E-state index in [1.165, 1.54) is 28.7 Å². The maximum atomic E-state index is 13.0. The Hall–Kier alpha value is -2.56. The number of hydrogen-bond donors (Lipinski definition) is 1. The van der Waals surface area contributed by atoms with Crippen LogP contribution in [-0.2, 0) is 18.8 Å². The van der Waals surface area contributed by atoms with Crippen molar-refractivity contribution in [3.63, 3.8) is 0 Å². The maximum Gasteiger partial charge on any atom is 0.282 e. The van der Waals surface area contributed by atoms with Gasteiger partial charge in [0.05, 0.1) is 11.1 Å². The van der Waals surface area contributed by atoms with E-state index in [4.69, 9.17) is 4.98 Å². The van der Waals surface area contributed by atoms with Crippen molar-refractivity contribution in [2.75, 3.05) is 0 Å². The molecule has 4 aromatic rings. The van der Waals surface area contributed by atoms with Crippen molar-refractivity contribution in [1.82, 2.24) is 25.1 Å². The molecule has 3 heterocycles. The molecular weight excluding hydrogens is 462 g/mol. The first-order valence-corrected chi connectivity index (χ1v) is 12.8. The summed E-state index contributed by atoms with van der Waals surface area (Å²) in [6.45, 7) is 8.93. The number of aryl methyl sites for hydroxylation is 3. The van der Waals surface area contributed by atoms with Crippen LogP contribution >= 0.6 is 34.4 Å². The monoisotopic (exact) mass is 485 g/mol. The van der Waals surface area contributed by atoms with Gasteiger partial charge in [0.15, 0.2) is 5.16 Å². The fourth-order valence-electron chi connectivity index (χ4n) is 3.19. The second kappa shape index (κ2) is 9.51. The van der Waals surface area contributed by atoms with Gasteiger partial charge < -0.3 is 5.32 Å². The van der Waals surface area contributed by atoms with Crippen molar-refractivity contribution < 1.29 is 4.79 Å². The van der Waals surface area contributed by atoms with Gasteiger partial charge in [-0.1, -0.05) is 52.9 Å². The topological polar surface area (TPSA) is 89.8 Å². The van der Waals surface area contributed by atoms with E-state index in [-0.39, 0.29) is 11.5 Å². The quantitative estimate of drug-likeness (QED) is 0.307. The maximum absolute atomic E-state index is 13.0. The van der Waals surface area contributed by atoms with Gasteiger partial charge in [-0.25, -0.2) is 4.98 Å². The number of amides is 1. The van der Waals surface area contributed by atoms with Crippen molar-refractivity contribution in [3.8, 4) is 0 Å². The number of benzene rings is 1. The summed E-state index contributed by atoms with van der Waals surface area (Å²) in [6, 6.07) is 8.01. The summed E-state index contributed by atoms with van der Waals surface area (Å²) in [5, 5.41) is 13.5. The van der Waals surface area contributed by atoms with Crippen LogP contribution in [0.25, 0.3) is 10.2 Å². The van der Waals surface area contributed by atoms with E-state index in [1.807, 2.05) is 52.0 Å². The summed E-state index contributed by atoms with van der Waals surface area (Å²) < 4.78 is 1.70. The summed E-state index contributed by atoms with van der Waals surface area (Å²) in [5.74, 6) is 0.248. The van der Waals surface area contributed by atoms with Gasteiger partial charge in [0.25, 0.3) is 11.5 Å². The van der Waals surface area contributed by atoms with Gasteiger partial charge in [-0.15, -0.1) is 21.5 Å². The van der Waals surface area contributed by atoms with Crippen molar-refractivity contribution in [2.24, 2.45) is 0 Å². The number of nitrogens with zero attached hydrogens (tertiary/aromatic N) is 4. The Bertz CT molecular complexity index is 1340. The summed E-state index contributed by atoms with van der Waals surface area (Å²) in [4.78, 5) is 32.0. The highest BCUT2D eigenvalue weighted by molar-refractivity contribution is 7.98. The largest absolute Gasteiger partial charge is 0.346 e. The predicted octanol–water partition coefficient (Wildman–Crippen LogP) is 4.48. The minimum Gasteiger partial charge on any atom is -0.346 e. The van der Waals surface area contributed by atoms with E-state index in [1.54, 1.807) is 15.9 Å². The number of carbonyl (C=O) groups is 1. The molecule has 0 spiro atoms. The minimum atomic E-state index is -0.242. The third-order valence-corrected chi connectivity index (χ3v) is 8.32. The lowest BCUT2D eigenvalue weighted by Gasteiger charge is -2.09. The SMILES string of the molecule is CCn1c(SCc2nnc(C(=O)NCc3ccc(C)cc3)s2)nc2sc(C)c(C)c2c1=O. The Morgan fingerprint density at radius 2 is 1.88 bits per heavy atom. The smallest absolute Gasteiger partial charge is 0.282 e. The Morgan fingerprint density at radius 3 is 2.59 bits per heavy atom. The molecule has 0 unspecified atom stereocenters. The number of thioether (sulfide) groups is 1. The number of fused-ring (bicyclic) bond motifs is 1. The van der Waals surface area contributed by atoms with E-state index in [9.17, 15) is 9.59 Å². The van der Waals surface area contributed by atoms with Gasteiger partial charge in [0.1, 0.15) is 9.84 Å². The molecule has 0 fully saturated rings. The molecule has 3 aromatic heterocycles. The first-order valence-electron chi connectivity index (χ1n) is 10.2. The number of hydrogen-bond acceptors (Lipinski definition) is 8. The van der Waals surface area contributed by atoms with Crippen LogP contribution in [0.1, 0.15) is 43.3 Å². The van der Waals surface area contributed by atoms with Crippen LogP contribution < -0.4 is 10.9 Å². The van der Waals surface area contributed by atoms with Gasteiger partial charge in [-0.2, -0.15) is 0 Å². The van der Waals surface area contributed by atoms with Crippen LogP contribution in [-0.4, -0.2) is 25.7 Å². The highest BCUT2D eigenvalue weighted by Gasteiger charge is 2.18. The van der Waals surface area contributed by atoms with E-state index in [0.29, 0.717) is 39.4 Å². The van der Waals surface area contributed by atoms with E-state index in [0.717, 1.165) is 20.8 Å². The molecule has 0 bridgehead atoms. The molecule has 0 aliphatic rings. The van der Waals surface area contributed by atoms with Crippen LogP contribution in [0.4, 0.5) is 0 Å². The molecule has 0 saturated carbocycles. The number of carbonyl (C=O) groups excluding carboxylic acids is 1. The molecule has 0 atom stereocenters. The minimum absolute atomic E-state index is 0.00436. The van der Waals surface area contributed by atoms with Crippen LogP contribution in [0.15, 0.2) is 34.2 Å². The second-order valence-electron chi connectivity index (χ2n) is 7.37. The molecular formula is C22H23N5O2S3. The fraction of sp³-hybridized carbons (Fsp3) is 0.318. The zero-order chi connectivity index (χ0) is 22.8. The molecule has 166 valence electrons. The van der Waals surface area contributed by atoms with E-state index in [2.05, 4.69) is 15.5 Å². The second-order valence-corrected chi connectivity index (χ2v) is 10.6. The third kappa shape index (κ3) is 4.62. The molecule has 32 heavy (non-hydrogen) atoms. The normalized spacial score (nSPS) is 11.2. The Balaban J connectivity index is 1.45. The Labute approximate surface area is 197 Å². The summed E-state index contributed by atoms with van der Waals surface area (Å²) in [6.07, 6.45) is 0. The van der Waals surface area contributed by atoms with Crippen LogP contribution in [0.5, 0.6) is 0 Å². The standard InChI is InChI=1S/C22H23N5O2S3/c1-5-27-21(29)17-13(3)14(4)31-19(17)24-22(27)30-11-16-25-26-20(32-16)18(28)23-10-15-8-6-12(2)7-9-15/h6-9H,5,10-11H2,1-4H3,(H,23,28). The molecule has 0 aliphatic heterocycles. The summed E-state index contributed by atoms with van der Waals surface area (Å²) in [5.41, 5.74) is 3.21. The molecule has 4 rings (SSSR count). The lowest BCUT2D eigenvalue weighted by molar-refractivity contribution is 0.0950. The van der Waals surface area contributed by atoms with Crippen molar-refractivity contribution in [3.05, 3.63) is 66.2 Å². The molecule has 7 nitrogen and oxygen atoms in total. The molecule has 0 saturated heterocycles. The van der Waals surface area contributed by atoms with Gasteiger partial charge in [-0.05, 0) is 38.8 Å². The average molecular weight is 486 g/mol. The van der Waals surface area contributed by atoms with Gasteiger partial charge >= 0.3 is 0 Å². The molecule has 10 heteroatoms. The predicted molar refractivity (Wildman–Crippen MR) is 131 cm³/mol. The molecule has 1 N–H and O–H groups in total.